The Bertz CT molecular complexity index is 942. The summed E-state index contributed by atoms with van der Waals surface area (Å²) in [5, 5.41) is 5.13. The molecule has 1 aliphatic heterocycles. The lowest BCUT2D eigenvalue weighted by Crippen LogP contribution is -2.38. The monoisotopic (exact) mass is 429 g/mol. The molecule has 2 N–H and O–H groups in total. The first kappa shape index (κ1) is 18.7. The molecule has 1 heterocycles. The highest BCUT2D eigenvalue weighted by atomic mass is 79.9. The van der Waals surface area contributed by atoms with Gasteiger partial charge < -0.3 is 15.4 Å². The number of nitrogens with zero attached hydrogens (tertiary/aromatic N) is 1. The van der Waals surface area contributed by atoms with Crippen LogP contribution in [0, 0.1) is 0 Å². The van der Waals surface area contributed by atoms with E-state index < -0.39 is 24.4 Å². The van der Waals surface area contributed by atoms with Crippen molar-refractivity contribution in [2.24, 2.45) is 0 Å². The molecule has 0 bridgehead atoms. The minimum Gasteiger partial charge on any atom is -0.495 e. The minimum absolute atomic E-state index is 0.114. The van der Waals surface area contributed by atoms with E-state index in [1.807, 2.05) is 18.2 Å². The molecule has 138 valence electrons. The number of para-hydroxylation sites is 2. The highest BCUT2D eigenvalue weighted by molar-refractivity contribution is 9.10. The van der Waals surface area contributed by atoms with Crippen LogP contribution in [0.3, 0.4) is 0 Å². The SMILES string of the molecule is COc1ccccc1NC(=O)CN1C(=O)N/C(=C/c2cccc(Br)c2)C1=O. The molecule has 8 heteroatoms. The molecule has 0 unspecified atom stereocenters. The summed E-state index contributed by atoms with van der Waals surface area (Å²) in [7, 11) is 1.49. The average Bonchev–Trinajstić information content (AvgIpc) is 2.89. The van der Waals surface area contributed by atoms with Gasteiger partial charge in [0.15, 0.2) is 0 Å². The van der Waals surface area contributed by atoms with Crippen LogP contribution in [-0.4, -0.2) is 36.4 Å². The predicted molar refractivity (Wildman–Crippen MR) is 104 cm³/mol. The summed E-state index contributed by atoms with van der Waals surface area (Å²) in [4.78, 5) is 37.7. The van der Waals surface area contributed by atoms with Crippen LogP contribution >= 0.6 is 15.9 Å². The molecule has 2 aromatic rings. The number of rotatable bonds is 5. The second-order valence-electron chi connectivity index (χ2n) is 5.68. The Morgan fingerprint density at radius 1 is 1.22 bits per heavy atom. The van der Waals surface area contributed by atoms with Gasteiger partial charge in [-0.2, -0.15) is 0 Å². The molecule has 0 aliphatic carbocycles. The Labute approximate surface area is 164 Å². The maximum atomic E-state index is 12.5. The van der Waals surface area contributed by atoms with Crippen molar-refractivity contribution in [3.63, 3.8) is 0 Å². The number of imide groups is 1. The van der Waals surface area contributed by atoms with Crippen LogP contribution in [-0.2, 0) is 9.59 Å². The van der Waals surface area contributed by atoms with E-state index in [0.29, 0.717) is 11.4 Å². The van der Waals surface area contributed by atoms with Crippen molar-refractivity contribution >= 4 is 45.5 Å². The van der Waals surface area contributed by atoms with Crippen molar-refractivity contribution < 1.29 is 19.1 Å². The zero-order valence-electron chi connectivity index (χ0n) is 14.4. The van der Waals surface area contributed by atoms with E-state index in [0.717, 1.165) is 14.9 Å². The van der Waals surface area contributed by atoms with Gasteiger partial charge in [-0.3, -0.25) is 9.59 Å². The second-order valence-corrected chi connectivity index (χ2v) is 6.60. The van der Waals surface area contributed by atoms with Crippen LogP contribution in [0.2, 0.25) is 0 Å². The second kappa shape index (κ2) is 8.05. The van der Waals surface area contributed by atoms with Crippen LogP contribution in [0.1, 0.15) is 5.56 Å². The van der Waals surface area contributed by atoms with Gasteiger partial charge in [-0.05, 0) is 35.9 Å². The number of anilines is 1. The predicted octanol–water partition coefficient (Wildman–Crippen LogP) is 2.99. The first-order valence-corrected chi connectivity index (χ1v) is 8.80. The summed E-state index contributed by atoms with van der Waals surface area (Å²) in [5.74, 6) is -0.583. The molecule has 1 fully saturated rings. The van der Waals surface area contributed by atoms with Gasteiger partial charge >= 0.3 is 6.03 Å². The molecule has 1 aliphatic rings. The molecule has 0 saturated carbocycles. The molecule has 3 rings (SSSR count). The number of carbonyl (C=O) groups is 3. The Morgan fingerprint density at radius 3 is 2.74 bits per heavy atom. The van der Waals surface area contributed by atoms with Crippen molar-refractivity contribution in [2.45, 2.75) is 0 Å². The van der Waals surface area contributed by atoms with E-state index in [1.165, 1.54) is 7.11 Å². The summed E-state index contributed by atoms with van der Waals surface area (Å²) in [5.41, 5.74) is 1.32. The van der Waals surface area contributed by atoms with Gasteiger partial charge in [0.25, 0.3) is 5.91 Å². The molecule has 0 spiro atoms. The number of hydrogen-bond acceptors (Lipinski definition) is 4. The van der Waals surface area contributed by atoms with Crippen molar-refractivity contribution in [3.8, 4) is 5.75 Å². The van der Waals surface area contributed by atoms with E-state index in [4.69, 9.17) is 4.74 Å². The smallest absolute Gasteiger partial charge is 0.329 e. The van der Waals surface area contributed by atoms with E-state index in [-0.39, 0.29) is 5.70 Å². The average molecular weight is 430 g/mol. The third kappa shape index (κ3) is 4.35. The van der Waals surface area contributed by atoms with Gasteiger partial charge in [0, 0.05) is 4.47 Å². The molecule has 0 radical (unpaired) electrons. The summed E-state index contributed by atoms with van der Waals surface area (Å²) < 4.78 is 6.01. The van der Waals surface area contributed by atoms with E-state index in [2.05, 4.69) is 26.6 Å². The lowest BCUT2D eigenvalue weighted by molar-refractivity contribution is -0.127. The van der Waals surface area contributed by atoms with Crippen LogP contribution in [0.5, 0.6) is 5.75 Å². The van der Waals surface area contributed by atoms with E-state index in [1.54, 1.807) is 36.4 Å². The third-order valence-electron chi connectivity index (χ3n) is 3.80. The van der Waals surface area contributed by atoms with Crippen LogP contribution in [0.4, 0.5) is 10.5 Å². The van der Waals surface area contributed by atoms with Crippen molar-refractivity contribution in [3.05, 3.63) is 64.3 Å². The van der Waals surface area contributed by atoms with Gasteiger partial charge in [-0.25, -0.2) is 9.69 Å². The minimum atomic E-state index is -0.642. The van der Waals surface area contributed by atoms with Gasteiger partial charge in [0.2, 0.25) is 5.91 Å². The third-order valence-corrected chi connectivity index (χ3v) is 4.30. The Hall–Kier alpha value is -3.13. The normalized spacial score (nSPS) is 15.0. The van der Waals surface area contributed by atoms with Gasteiger partial charge in [-0.1, -0.05) is 40.2 Å². The van der Waals surface area contributed by atoms with Crippen molar-refractivity contribution in [1.82, 2.24) is 10.2 Å². The van der Waals surface area contributed by atoms with Crippen molar-refractivity contribution in [2.75, 3.05) is 19.0 Å². The van der Waals surface area contributed by atoms with Crippen molar-refractivity contribution in [1.29, 1.82) is 0 Å². The summed E-state index contributed by atoms with van der Waals surface area (Å²) >= 11 is 3.35. The fraction of sp³-hybridized carbons (Fsp3) is 0.105. The first-order chi connectivity index (χ1) is 13.0. The molecule has 0 atom stereocenters. The molecular formula is C19H16BrN3O4. The molecular weight excluding hydrogens is 414 g/mol. The molecule has 7 nitrogen and oxygen atoms in total. The highest BCUT2D eigenvalue weighted by Gasteiger charge is 2.35. The fourth-order valence-electron chi connectivity index (χ4n) is 2.56. The number of carbonyl (C=O) groups excluding carboxylic acids is 3. The molecule has 2 aromatic carbocycles. The maximum Gasteiger partial charge on any atom is 0.329 e. The largest absolute Gasteiger partial charge is 0.495 e. The summed E-state index contributed by atoms with van der Waals surface area (Å²) in [6.07, 6.45) is 1.56. The number of nitrogens with one attached hydrogen (secondary N) is 2. The van der Waals surface area contributed by atoms with E-state index >= 15 is 0 Å². The highest BCUT2D eigenvalue weighted by Crippen LogP contribution is 2.23. The Morgan fingerprint density at radius 2 is 2.00 bits per heavy atom. The zero-order valence-corrected chi connectivity index (χ0v) is 15.9. The quantitative estimate of drug-likeness (QED) is 0.564. The Balaban J connectivity index is 1.71. The van der Waals surface area contributed by atoms with E-state index in [9.17, 15) is 14.4 Å². The summed E-state index contributed by atoms with van der Waals surface area (Å²) in [6, 6.07) is 13.5. The van der Waals surface area contributed by atoms with Crippen LogP contribution in [0.25, 0.3) is 6.08 Å². The number of methoxy groups -OCH3 is 1. The summed E-state index contributed by atoms with van der Waals surface area (Å²) in [6.45, 7) is -0.404. The molecule has 1 saturated heterocycles. The first-order valence-electron chi connectivity index (χ1n) is 8.01. The zero-order chi connectivity index (χ0) is 19.4. The maximum absolute atomic E-state index is 12.5. The number of ether oxygens (including phenoxy) is 1. The number of amides is 4. The van der Waals surface area contributed by atoms with Gasteiger partial charge in [0.1, 0.15) is 18.0 Å². The lowest BCUT2D eigenvalue weighted by atomic mass is 10.2. The lowest BCUT2D eigenvalue weighted by Gasteiger charge is -2.13. The number of halogens is 1. The van der Waals surface area contributed by atoms with Gasteiger partial charge in [-0.15, -0.1) is 0 Å². The fourth-order valence-corrected chi connectivity index (χ4v) is 2.98. The molecule has 4 amide bonds. The standard InChI is InChI=1S/C19H16BrN3O4/c1-27-16-8-3-2-7-14(16)21-17(24)11-23-18(25)15(22-19(23)26)10-12-5-4-6-13(20)9-12/h2-10H,11H2,1H3,(H,21,24)(H,22,26)/b15-10+. The van der Waals surface area contributed by atoms with Gasteiger partial charge in [0.05, 0.1) is 12.8 Å². The topological polar surface area (TPSA) is 87.7 Å². The number of hydrogen-bond donors (Lipinski definition) is 2. The number of urea groups is 1. The molecule has 0 aromatic heterocycles. The molecule has 27 heavy (non-hydrogen) atoms. The Kier molecular flexibility index (Phi) is 5.56. The van der Waals surface area contributed by atoms with Crippen LogP contribution < -0.4 is 15.4 Å². The number of benzene rings is 2. The van der Waals surface area contributed by atoms with Crippen LogP contribution in [0.15, 0.2) is 58.7 Å².